The van der Waals surface area contributed by atoms with E-state index < -0.39 is 10.0 Å². The van der Waals surface area contributed by atoms with Gasteiger partial charge in [-0.15, -0.1) is 11.3 Å². The van der Waals surface area contributed by atoms with E-state index in [1.807, 2.05) is 17.5 Å². The van der Waals surface area contributed by atoms with Crippen LogP contribution >= 0.6 is 11.3 Å². The van der Waals surface area contributed by atoms with Crippen LogP contribution in [-0.2, 0) is 26.0 Å². The van der Waals surface area contributed by atoms with Gasteiger partial charge >= 0.3 is 0 Å². The first-order chi connectivity index (χ1) is 11.9. The zero-order valence-electron chi connectivity index (χ0n) is 13.7. The number of sulfonamides is 1. The number of thiophene rings is 1. The summed E-state index contributed by atoms with van der Waals surface area (Å²) in [6.45, 7) is 2.01. The number of nitrogens with zero attached hydrogens (tertiary/aromatic N) is 1. The molecule has 0 unspecified atom stereocenters. The topological polar surface area (TPSA) is 83.6 Å². The van der Waals surface area contributed by atoms with Crippen molar-refractivity contribution in [2.24, 2.45) is 0 Å². The Hall–Kier alpha value is -2.03. The Kier molecular flexibility index (Phi) is 5.03. The van der Waals surface area contributed by atoms with Crippen molar-refractivity contribution in [3.8, 4) is 0 Å². The molecule has 1 fully saturated rings. The number of nitrogens with one attached hydrogen (secondary N) is 1. The molecule has 2 aromatic rings. The normalized spacial score (nSPS) is 15.2. The van der Waals surface area contributed by atoms with Gasteiger partial charge in [0, 0.05) is 24.3 Å². The summed E-state index contributed by atoms with van der Waals surface area (Å²) in [6, 6.07) is 8.32. The summed E-state index contributed by atoms with van der Waals surface area (Å²) in [4.78, 5) is 26.1. The summed E-state index contributed by atoms with van der Waals surface area (Å²) in [7, 11) is -3.64. The molecule has 2 amide bonds. The molecule has 0 atom stereocenters. The van der Waals surface area contributed by atoms with E-state index in [0.717, 1.165) is 9.78 Å². The molecule has 0 radical (unpaired) electrons. The molecule has 1 aliphatic rings. The van der Waals surface area contributed by atoms with E-state index in [9.17, 15) is 18.0 Å². The van der Waals surface area contributed by atoms with E-state index in [4.69, 9.17) is 0 Å². The third-order valence-corrected chi connectivity index (χ3v) is 6.41. The summed E-state index contributed by atoms with van der Waals surface area (Å²) < 4.78 is 27.4. The molecular weight excluding hydrogens is 360 g/mol. The minimum atomic E-state index is -3.64. The highest BCUT2D eigenvalue weighted by molar-refractivity contribution is 7.89. The fourth-order valence-corrected chi connectivity index (χ4v) is 4.56. The Morgan fingerprint density at radius 1 is 1.16 bits per heavy atom. The molecule has 1 aromatic carbocycles. The van der Waals surface area contributed by atoms with Crippen LogP contribution in [0.3, 0.4) is 0 Å². The highest BCUT2D eigenvalue weighted by atomic mass is 32.2. The monoisotopic (exact) mass is 378 g/mol. The van der Waals surface area contributed by atoms with Gasteiger partial charge in [-0.1, -0.05) is 6.07 Å². The second-order valence-corrected chi connectivity index (χ2v) is 8.60. The van der Waals surface area contributed by atoms with Gasteiger partial charge in [0.15, 0.2) is 0 Å². The van der Waals surface area contributed by atoms with Gasteiger partial charge in [0.1, 0.15) is 0 Å². The molecule has 1 aromatic heterocycles. The zero-order valence-corrected chi connectivity index (χ0v) is 15.3. The van der Waals surface area contributed by atoms with Gasteiger partial charge in [-0.25, -0.2) is 13.1 Å². The minimum Gasteiger partial charge on any atom is -0.274 e. The lowest BCUT2D eigenvalue weighted by molar-refractivity contribution is -0.121. The molecule has 1 aliphatic heterocycles. The number of aryl methyl sites for hydroxylation is 1. The molecular formula is C17H18N2O4S2. The predicted molar refractivity (Wildman–Crippen MR) is 96.1 cm³/mol. The van der Waals surface area contributed by atoms with Gasteiger partial charge in [0.05, 0.1) is 10.6 Å². The number of imide groups is 1. The Morgan fingerprint density at radius 2 is 1.88 bits per heavy atom. The lowest BCUT2D eigenvalue weighted by atomic mass is 10.2. The van der Waals surface area contributed by atoms with Crippen LogP contribution in [0, 0.1) is 6.92 Å². The molecule has 0 spiro atoms. The summed E-state index contributed by atoms with van der Waals surface area (Å²) >= 11 is 1.58. The van der Waals surface area contributed by atoms with Gasteiger partial charge < -0.3 is 0 Å². The Balaban J connectivity index is 1.75. The Morgan fingerprint density at radius 3 is 2.48 bits per heavy atom. The average molecular weight is 378 g/mol. The fraction of sp³-hybridized carbons (Fsp3) is 0.294. The first-order valence-corrected chi connectivity index (χ1v) is 10.2. The smallest absolute Gasteiger partial charge is 0.240 e. The number of rotatable bonds is 6. The third-order valence-electron chi connectivity index (χ3n) is 4.01. The fourth-order valence-electron chi connectivity index (χ4n) is 2.74. The van der Waals surface area contributed by atoms with Crippen LogP contribution in [0.15, 0.2) is 40.6 Å². The van der Waals surface area contributed by atoms with Crippen molar-refractivity contribution in [3.05, 3.63) is 46.2 Å². The lowest BCUT2D eigenvalue weighted by Gasteiger charge is -2.17. The van der Waals surface area contributed by atoms with Gasteiger partial charge in [0.2, 0.25) is 21.8 Å². The maximum absolute atomic E-state index is 12.4. The second kappa shape index (κ2) is 7.07. The third kappa shape index (κ3) is 3.81. The number of anilines is 1. The maximum Gasteiger partial charge on any atom is 0.240 e. The Labute approximate surface area is 150 Å². The average Bonchev–Trinajstić information content (AvgIpc) is 3.18. The van der Waals surface area contributed by atoms with Crippen LogP contribution < -0.4 is 9.62 Å². The summed E-state index contributed by atoms with van der Waals surface area (Å²) in [5.74, 6) is -0.504. The molecule has 132 valence electrons. The molecule has 1 saturated heterocycles. The zero-order chi connectivity index (χ0) is 18.0. The molecule has 8 heteroatoms. The quantitative estimate of drug-likeness (QED) is 0.782. The minimum absolute atomic E-state index is 0.124. The lowest BCUT2D eigenvalue weighted by Crippen LogP contribution is -2.30. The van der Waals surface area contributed by atoms with Crippen molar-refractivity contribution < 1.29 is 18.0 Å². The molecule has 0 aliphatic carbocycles. The first-order valence-electron chi connectivity index (χ1n) is 7.87. The largest absolute Gasteiger partial charge is 0.274 e. The van der Waals surface area contributed by atoms with Crippen molar-refractivity contribution >= 4 is 38.9 Å². The first kappa shape index (κ1) is 17.8. The van der Waals surface area contributed by atoms with Gasteiger partial charge in [-0.05, 0) is 48.6 Å². The number of benzene rings is 1. The number of hydrogen-bond donors (Lipinski definition) is 1. The maximum atomic E-state index is 12.4. The number of amides is 2. The van der Waals surface area contributed by atoms with E-state index in [-0.39, 0.29) is 29.6 Å². The molecule has 3 rings (SSSR count). The van der Waals surface area contributed by atoms with Crippen LogP contribution in [0.25, 0.3) is 0 Å². The highest BCUT2D eigenvalue weighted by Gasteiger charge is 2.31. The predicted octanol–water partition coefficient (Wildman–Crippen LogP) is 2.23. The van der Waals surface area contributed by atoms with Crippen LogP contribution in [0.4, 0.5) is 5.69 Å². The van der Waals surface area contributed by atoms with Crippen LogP contribution in [0.1, 0.15) is 23.3 Å². The highest BCUT2D eigenvalue weighted by Crippen LogP contribution is 2.28. The van der Waals surface area contributed by atoms with Crippen LogP contribution in [0.5, 0.6) is 0 Å². The number of carbonyl (C=O) groups excluding carboxylic acids is 2. The Bertz CT molecular complexity index is 889. The molecule has 0 saturated carbocycles. The SMILES string of the molecule is Cc1cc(S(=O)(=O)NCCc2cccs2)ccc1N1C(=O)CCC1=O. The van der Waals surface area contributed by atoms with Crippen molar-refractivity contribution in [1.82, 2.24) is 4.72 Å². The van der Waals surface area contributed by atoms with Gasteiger partial charge in [-0.2, -0.15) is 0 Å². The molecule has 25 heavy (non-hydrogen) atoms. The standard InChI is InChI=1S/C17H18N2O4S2/c1-12-11-14(4-5-15(12)19-16(20)6-7-17(19)21)25(22,23)18-9-8-13-3-2-10-24-13/h2-5,10-11,18H,6-9H2,1H3. The summed E-state index contributed by atoms with van der Waals surface area (Å²) in [5, 5.41) is 1.95. The van der Waals surface area contributed by atoms with Gasteiger partial charge in [-0.3, -0.25) is 14.5 Å². The van der Waals surface area contributed by atoms with E-state index >= 15 is 0 Å². The molecule has 1 N–H and O–H groups in total. The summed E-state index contributed by atoms with van der Waals surface area (Å²) in [5.41, 5.74) is 1.02. The van der Waals surface area contributed by atoms with Gasteiger partial charge in [0.25, 0.3) is 0 Å². The summed E-state index contributed by atoms with van der Waals surface area (Å²) in [6.07, 6.45) is 1.02. The number of carbonyl (C=O) groups is 2. The van der Waals surface area contributed by atoms with Crippen molar-refractivity contribution in [2.75, 3.05) is 11.4 Å². The van der Waals surface area contributed by atoms with E-state index in [0.29, 0.717) is 24.2 Å². The van der Waals surface area contributed by atoms with E-state index in [1.165, 1.54) is 18.2 Å². The second-order valence-electron chi connectivity index (χ2n) is 5.80. The molecule has 2 heterocycles. The number of hydrogen-bond acceptors (Lipinski definition) is 5. The van der Waals surface area contributed by atoms with Crippen LogP contribution in [-0.4, -0.2) is 26.8 Å². The van der Waals surface area contributed by atoms with E-state index in [2.05, 4.69) is 4.72 Å². The van der Waals surface area contributed by atoms with Crippen molar-refractivity contribution in [3.63, 3.8) is 0 Å². The molecule has 0 bridgehead atoms. The molecule has 6 nitrogen and oxygen atoms in total. The van der Waals surface area contributed by atoms with E-state index in [1.54, 1.807) is 18.3 Å². The van der Waals surface area contributed by atoms with Crippen LogP contribution in [0.2, 0.25) is 0 Å². The van der Waals surface area contributed by atoms with Crippen molar-refractivity contribution in [1.29, 1.82) is 0 Å². The van der Waals surface area contributed by atoms with Crippen molar-refractivity contribution in [2.45, 2.75) is 31.1 Å².